The van der Waals surface area contributed by atoms with E-state index in [1.54, 1.807) is 0 Å². The number of sulfonamides is 1. The lowest BCUT2D eigenvalue weighted by atomic mass is 10.1. The number of nitrogens with two attached hydrogens (primary N) is 1. The number of benzene rings is 1. The van der Waals surface area contributed by atoms with E-state index >= 15 is 0 Å². The maximum Gasteiger partial charge on any atom is 0.310 e. The highest BCUT2D eigenvalue weighted by molar-refractivity contribution is 7.89. The van der Waals surface area contributed by atoms with Crippen LogP contribution in [0.2, 0.25) is 0 Å². The summed E-state index contributed by atoms with van der Waals surface area (Å²) in [6.07, 6.45) is 1.45. The Hall–Kier alpha value is -1.60. The van der Waals surface area contributed by atoms with Gasteiger partial charge >= 0.3 is 5.97 Å². The summed E-state index contributed by atoms with van der Waals surface area (Å²) < 4.78 is 33.1. The number of primary sulfonamides is 1. The molecule has 0 saturated carbocycles. The van der Waals surface area contributed by atoms with Crippen LogP contribution in [-0.4, -0.2) is 27.6 Å². The molecule has 0 heterocycles. The first-order chi connectivity index (χ1) is 9.77. The zero-order valence-electron chi connectivity index (χ0n) is 12.5. The van der Waals surface area contributed by atoms with Crippen LogP contribution in [0.4, 0.5) is 0 Å². The minimum absolute atomic E-state index is 0.0623. The van der Waals surface area contributed by atoms with Crippen molar-refractivity contribution in [2.45, 2.75) is 44.1 Å². The molecule has 0 radical (unpaired) electrons. The predicted octanol–water partition coefficient (Wildman–Crippen LogP) is 1.62. The largest absolute Gasteiger partial charge is 0.496 e. The van der Waals surface area contributed by atoms with Crippen molar-refractivity contribution in [1.29, 1.82) is 0 Å². The van der Waals surface area contributed by atoms with Gasteiger partial charge in [-0.15, -0.1) is 0 Å². The average Bonchev–Trinajstić information content (AvgIpc) is 2.37. The van der Waals surface area contributed by atoms with Gasteiger partial charge in [-0.2, -0.15) is 0 Å². The topological polar surface area (TPSA) is 95.7 Å². The van der Waals surface area contributed by atoms with Gasteiger partial charge in [0.2, 0.25) is 10.0 Å². The molecule has 0 aliphatic rings. The third-order valence-corrected chi connectivity index (χ3v) is 3.85. The minimum atomic E-state index is -3.83. The molecule has 118 valence electrons. The second kappa shape index (κ2) is 7.42. The monoisotopic (exact) mass is 315 g/mol. The number of carbonyl (C=O) groups excluding carboxylic acids is 1. The van der Waals surface area contributed by atoms with Gasteiger partial charge in [-0.1, -0.05) is 13.3 Å². The van der Waals surface area contributed by atoms with Gasteiger partial charge in [0.15, 0.2) is 0 Å². The van der Waals surface area contributed by atoms with Crippen molar-refractivity contribution in [1.82, 2.24) is 0 Å². The molecule has 1 aromatic rings. The van der Waals surface area contributed by atoms with Crippen molar-refractivity contribution in [3.63, 3.8) is 0 Å². The molecule has 0 saturated heterocycles. The van der Waals surface area contributed by atoms with Gasteiger partial charge < -0.3 is 9.47 Å². The second-order valence-corrected chi connectivity index (χ2v) is 6.35. The van der Waals surface area contributed by atoms with Crippen molar-refractivity contribution >= 4 is 16.0 Å². The first kappa shape index (κ1) is 17.5. The summed E-state index contributed by atoms with van der Waals surface area (Å²) in [5, 5.41) is 5.08. The number of hydrogen-bond acceptors (Lipinski definition) is 5. The van der Waals surface area contributed by atoms with Crippen LogP contribution in [0.3, 0.4) is 0 Å². The normalized spacial score (nSPS) is 12.8. The Morgan fingerprint density at radius 3 is 2.57 bits per heavy atom. The average molecular weight is 315 g/mol. The molecule has 21 heavy (non-hydrogen) atoms. The Bertz CT molecular complexity index is 597. The first-order valence-corrected chi connectivity index (χ1v) is 8.21. The number of methoxy groups -OCH3 is 1. The zero-order valence-corrected chi connectivity index (χ0v) is 13.3. The van der Waals surface area contributed by atoms with Crippen LogP contribution in [0.25, 0.3) is 0 Å². The molecule has 0 aromatic heterocycles. The van der Waals surface area contributed by atoms with E-state index in [0.717, 1.165) is 12.8 Å². The fourth-order valence-electron chi connectivity index (χ4n) is 1.96. The van der Waals surface area contributed by atoms with Gasteiger partial charge in [0.05, 0.1) is 24.5 Å². The van der Waals surface area contributed by atoms with Crippen molar-refractivity contribution in [2.75, 3.05) is 7.11 Å². The van der Waals surface area contributed by atoms with E-state index in [1.807, 2.05) is 13.8 Å². The summed E-state index contributed by atoms with van der Waals surface area (Å²) in [5.74, 6) is -0.0108. The molecule has 0 spiro atoms. The number of hydrogen-bond donors (Lipinski definition) is 1. The van der Waals surface area contributed by atoms with E-state index in [0.29, 0.717) is 11.3 Å². The predicted molar refractivity (Wildman–Crippen MR) is 78.5 cm³/mol. The fraction of sp³-hybridized carbons (Fsp3) is 0.500. The van der Waals surface area contributed by atoms with Gasteiger partial charge in [-0.25, -0.2) is 13.6 Å². The lowest BCUT2D eigenvalue weighted by Gasteiger charge is -2.14. The number of ether oxygens (including phenoxy) is 2. The Morgan fingerprint density at radius 1 is 1.38 bits per heavy atom. The number of esters is 1. The van der Waals surface area contributed by atoms with Crippen LogP contribution in [-0.2, 0) is 26.0 Å². The highest BCUT2D eigenvalue weighted by atomic mass is 32.2. The Kier molecular flexibility index (Phi) is 6.17. The van der Waals surface area contributed by atoms with Gasteiger partial charge in [-0.3, -0.25) is 4.79 Å². The highest BCUT2D eigenvalue weighted by Gasteiger charge is 2.16. The molecular formula is C14H21NO5S. The number of carbonyl (C=O) groups is 1. The van der Waals surface area contributed by atoms with E-state index < -0.39 is 16.0 Å². The van der Waals surface area contributed by atoms with Crippen LogP contribution in [0.5, 0.6) is 5.75 Å². The lowest BCUT2D eigenvalue weighted by Crippen LogP contribution is -2.17. The summed E-state index contributed by atoms with van der Waals surface area (Å²) in [6, 6.07) is 4.14. The summed E-state index contributed by atoms with van der Waals surface area (Å²) >= 11 is 0. The van der Waals surface area contributed by atoms with E-state index in [1.165, 1.54) is 25.3 Å². The van der Waals surface area contributed by atoms with E-state index in [-0.39, 0.29) is 17.4 Å². The smallest absolute Gasteiger partial charge is 0.310 e. The van der Waals surface area contributed by atoms with Crippen molar-refractivity contribution in [3.05, 3.63) is 23.8 Å². The van der Waals surface area contributed by atoms with E-state index in [9.17, 15) is 13.2 Å². The van der Waals surface area contributed by atoms with Gasteiger partial charge in [0, 0.05) is 5.56 Å². The number of rotatable bonds is 7. The lowest BCUT2D eigenvalue weighted by molar-refractivity contribution is -0.147. The molecule has 0 fully saturated rings. The summed E-state index contributed by atoms with van der Waals surface area (Å²) in [5.41, 5.74) is 0.428. The Labute approximate surface area is 125 Å². The maximum atomic E-state index is 11.9. The molecule has 6 nitrogen and oxygen atoms in total. The van der Waals surface area contributed by atoms with Gasteiger partial charge in [0.25, 0.3) is 0 Å². The molecular weight excluding hydrogens is 294 g/mol. The van der Waals surface area contributed by atoms with Gasteiger partial charge in [-0.05, 0) is 31.5 Å². The fourth-order valence-corrected chi connectivity index (χ4v) is 2.52. The zero-order chi connectivity index (χ0) is 16.0. The first-order valence-electron chi connectivity index (χ1n) is 6.67. The van der Waals surface area contributed by atoms with Crippen LogP contribution in [0.15, 0.2) is 23.1 Å². The van der Waals surface area contributed by atoms with E-state index in [4.69, 9.17) is 14.6 Å². The second-order valence-electron chi connectivity index (χ2n) is 4.78. The maximum absolute atomic E-state index is 11.9. The Balaban J connectivity index is 2.93. The minimum Gasteiger partial charge on any atom is -0.496 e. The van der Waals surface area contributed by atoms with E-state index in [2.05, 4.69) is 0 Å². The third kappa shape index (κ3) is 5.35. The standard InChI is InChI=1S/C14H21NO5S/c1-4-5-10(2)20-14(16)9-11-8-12(21(15,17)18)6-7-13(11)19-3/h6-8,10H,4-5,9H2,1-3H3,(H2,15,17,18). The Morgan fingerprint density at radius 2 is 2.05 bits per heavy atom. The van der Waals surface area contributed by atoms with Crippen LogP contribution >= 0.6 is 0 Å². The molecule has 7 heteroatoms. The van der Waals surface area contributed by atoms with Crippen LogP contribution in [0, 0.1) is 0 Å². The molecule has 1 unspecified atom stereocenters. The molecule has 1 aromatic carbocycles. The summed E-state index contributed by atoms with van der Waals surface area (Å²) in [4.78, 5) is 11.8. The van der Waals surface area contributed by atoms with Gasteiger partial charge in [0.1, 0.15) is 5.75 Å². The molecule has 0 aliphatic heterocycles. The quantitative estimate of drug-likeness (QED) is 0.771. The third-order valence-electron chi connectivity index (χ3n) is 2.94. The SMILES string of the molecule is CCCC(C)OC(=O)Cc1cc(S(N)(=O)=O)ccc1OC. The summed E-state index contributed by atoms with van der Waals surface area (Å²) in [6.45, 7) is 3.82. The molecule has 0 bridgehead atoms. The molecule has 0 amide bonds. The highest BCUT2D eigenvalue weighted by Crippen LogP contribution is 2.23. The summed E-state index contributed by atoms with van der Waals surface area (Å²) in [7, 11) is -2.38. The van der Waals surface area contributed by atoms with Crippen LogP contribution < -0.4 is 9.88 Å². The van der Waals surface area contributed by atoms with Crippen LogP contribution in [0.1, 0.15) is 32.3 Å². The molecule has 1 atom stereocenters. The van der Waals surface area contributed by atoms with Crippen molar-refractivity contribution in [2.24, 2.45) is 5.14 Å². The van der Waals surface area contributed by atoms with Crippen molar-refractivity contribution in [3.8, 4) is 5.75 Å². The molecule has 1 rings (SSSR count). The molecule has 2 N–H and O–H groups in total. The van der Waals surface area contributed by atoms with Crippen molar-refractivity contribution < 1.29 is 22.7 Å². The molecule has 0 aliphatic carbocycles.